The molecule has 1 aromatic heterocycles. The molecular formula is C13H11IN2O3S. The maximum atomic E-state index is 11.4. The minimum atomic E-state index is -1.09. The van der Waals surface area contributed by atoms with Gasteiger partial charge in [0.2, 0.25) is 0 Å². The van der Waals surface area contributed by atoms with Gasteiger partial charge in [-0.05, 0) is 47.2 Å². The van der Waals surface area contributed by atoms with Crippen molar-refractivity contribution in [1.29, 1.82) is 0 Å². The van der Waals surface area contributed by atoms with E-state index in [1.54, 1.807) is 6.92 Å². The number of hydrogen-bond acceptors (Lipinski definition) is 4. The van der Waals surface area contributed by atoms with Crippen molar-refractivity contribution < 1.29 is 9.90 Å². The summed E-state index contributed by atoms with van der Waals surface area (Å²) in [5.41, 5.74) is 0.895. The van der Waals surface area contributed by atoms with Gasteiger partial charge in [0, 0.05) is 15.0 Å². The average molecular weight is 402 g/mol. The highest BCUT2D eigenvalue weighted by molar-refractivity contribution is 14.1. The van der Waals surface area contributed by atoms with E-state index in [2.05, 4.69) is 32.6 Å². The van der Waals surface area contributed by atoms with Crippen LogP contribution in [0.2, 0.25) is 0 Å². The molecule has 2 aromatic rings. The van der Waals surface area contributed by atoms with Gasteiger partial charge in [0.1, 0.15) is 10.6 Å². The van der Waals surface area contributed by atoms with Crippen LogP contribution >= 0.6 is 34.4 Å². The van der Waals surface area contributed by atoms with Gasteiger partial charge in [-0.2, -0.15) is 4.98 Å². The van der Waals surface area contributed by atoms with Gasteiger partial charge < -0.3 is 10.1 Å². The number of aromatic nitrogens is 2. The summed E-state index contributed by atoms with van der Waals surface area (Å²) >= 11 is 3.47. The van der Waals surface area contributed by atoms with Crippen LogP contribution in [0.1, 0.15) is 21.6 Å². The molecule has 0 aliphatic heterocycles. The molecule has 0 saturated carbocycles. The molecule has 0 fully saturated rings. The van der Waals surface area contributed by atoms with Crippen LogP contribution in [0, 0.1) is 10.5 Å². The fourth-order valence-corrected chi connectivity index (χ4v) is 3.04. The van der Waals surface area contributed by atoms with Crippen molar-refractivity contribution in [3.05, 3.63) is 55.1 Å². The Kier molecular flexibility index (Phi) is 4.81. The molecule has 0 radical (unpaired) electrons. The lowest BCUT2D eigenvalue weighted by atomic mass is 10.2. The Balaban J connectivity index is 2.27. The van der Waals surface area contributed by atoms with Gasteiger partial charge in [0.25, 0.3) is 0 Å². The fourth-order valence-electron chi connectivity index (χ4n) is 1.65. The van der Waals surface area contributed by atoms with E-state index in [-0.39, 0.29) is 10.6 Å². The molecule has 0 aliphatic carbocycles. The van der Waals surface area contributed by atoms with Crippen molar-refractivity contribution >= 4 is 40.3 Å². The van der Waals surface area contributed by atoms with Gasteiger partial charge in [0.15, 0.2) is 0 Å². The molecule has 2 rings (SSSR count). The van der Waals surface area contributed by atoms with Crippen LogP contribution in [0.5, 0.6) is 0 Å². The van der Waals surface area contributed by atoms with E-state index in [0.717, 1.165) is 9.13 Å². The molecule has 0 bridgehead atoms. The van der Waals surface area contributed by atoms with Crippen molar-refractivity contribution in [1.82, 2.24) is 9.97 Å². The van der Waals surface area contributed by atoms with Crippen LogP contribution in [0.4, 0.5) is 0 Å². The van der Waals surface area contributed by atoms with E-state index in [1.165, 1.54) is 11.8 Å². The Morgan fingerprint density at radius 1 is 1.40 bits per heavy atom. The molecule has 0 spiro atoms. The molecule has 0 saturated heterocycles. The second-order valence-electron chi connectivity index (χ2n) is 4.07. The van der Waals surface area contributed by atoms with Gasteiger partial charge in [-0.1, -0.05) is 12.1 Å². The summed E-state index contributed by atoms with van der Waals surface area (Å²) in [6.07, 6.45) is 0. The number of aryl methyl sites for hydroxylation is 1. The first-order chi connectivity index (χ1) is 9.47. The van der Waals surface area contributed by atoms with Crippen LogP contribution in [0.15, 0.2) is 34.1 Å². The molecule has 0 unspecified atom stereocenters. The lowest BCUT2D eigenvalue weighted by molar-refractivity contribution is 0.0690. The lowest BCUT2D eigenvalue weighted by Gasteiger charge is -2.07. The molecule has 7 heteroatoms. The lowest BCUT2D eigenvalue weighted by Crippen LogP contribution is -2.18. The molecule has 20 heavy (non-hydrogen) atoms. The van der Waals surface area contributed by atoms with E-state index in [9.17, 15) is 14.7 Å². The Hall–Kier alpha value is -1.35. The van der Waals surface area contributed by atoms with Crippen molar-refractivity contribution in [2.45, 2.75) is 17.7 Å². The first-order valence-corrected chi connectivity index (χ1v) is 7.75. The number of H-pyrrole nitrogens is 1. The van der Waals surface area contributed by atoms with Crippen LogP contribution in [0.25, 0.3) is 0 Å². The van der Waals surface area contributed by atoms with E-state index in [0.29, 0.717) is 11.4 Å². The number of carbonyl (C=O) groups is 1. The minimum Gasteiger partial charge on any atom is -0.478 e. The SMILES string of the molecule is Cc1[nH]c(=O)nc(SCc2ccc(I)cc2)c1C(=O)O. The van der Waals surface area contributed by atoms with Gasteiger partial charge in [-0.25, -0.2) is 9.59 Å². The van der Waals surface area contributed by atoms with Crippen molar-refractivity contribution in [2.75, 3.05) is 0 Å². The summed E-state index contributed by atoms with van der Waals surface area (Å²) in [7, 11) is 0. The molecule has 0 aliphatic rings. The van der Waals surface area contributed by atoms with Crippen LogP contribution in [-0.4, -0.2) is 21.0 Å². The monoisotopic (exact) mass is 402 g/mol. The number of hydrogen-bond donors (Lipinski definition) is 2. The first kappa shape index (κ1) is 15.0. The fraction of sp³-hybridized carbons (Fsp3) is 0.154. The zero-order valence-corrected chi connectivity index (χ0v) is 13.5. The zero-order chi connectivity index (χ0) is 14.7. The van der Waals surface area contributed by atoms with Crippen LogP contribution in [0.3, 0.4) is 0 Å². The maximum absolute atomic E-state index is 11.4. The Morgan fingerprint density at radius 2 is 2.05 bits per heavy atom. The van der Waals surface area contributed by atoms with Crippen molar-refractivity contribution in [2.24, 2.45) is 0 Å². The number of benzene rings is 1. The molecule has 5 nitrogen and oxygen atoms in total. The summed E-state index contributed by atoms with van der Waals surface area (Å²) < 4.78 is 1.13. The third-order valence-corrected chi connectivity index (χ3v) is 4.35. The van der Waals surface area contributed by atoms with E-state index in [4.69, 9.17) is 0 Å². The van der Waals surface area contributed by atoms with E-state index >= 15 is 0 Å². The van der Waals surface area contributed by atoms with Gasteiger partial charge in [0.05, 0.1) is 0 Å². The standard InChI is InChI=1S/C13H11IN2O3S/c1-7-10(12(17)18)11(16-13(19)15-7)20-6-8-2-4-9(14)5-3-8/h2-5H,6H2,1H3,(H,17,18)(H,15,16,19). The number of carboxylic acid groups (broad SMARTS) is 1. The Bertz CT molecular complexity index is 698. The number of aromatic amines is 1. The van der Waals surface area contributed by atoms with E-state index in [1.807, 2.05) is 24.3 Å². The number of carboxylic acids is 1. The van der Waals surface area contributed by atoms with E-state index < -0.39 is 11.7 Å². The second kappa shape index (κ2) is 6.40. The maximum Gasteiger partial charge on any atom is 0.346 e. The number of nitrogens with zero attached hydrogens (tertiary/aromatic N) is 1. The summed E-state index contributed by atoms with van der Waals surface area (Å²) in [4.78, 5) is 28.8. The molecule has 0 atom stereocenters. The topological polar surface area (TPSA) is 83.0 Å². The van der Waals surface area contributed by atoms with Crippen molar-refractivity contribution in [3.63, 3.8) is 0 Å². The predicted octanol–water partition coefficient (Wildman–Crippen LogP) is 2.67. The highest BCUT2D eigenvalue weighted by atomic mass is 127. The summed E-state index contributed by atoms with van der Waals surface area (Å²) in [6, 6.07) is 7.89. The largest absolute Gasteiger partial charge is 0.478 e. The molecule has 1 heterocycles. The normalized spacial score (nSPS) is 10.5. The number of halogens is 1. The van der Waals surface area contributed by atoms with Gasteiger partial charge >= 0.3 is 11.7 Å². The predicted molar refractivity (Wildman–Crippen MR) is 85.3 cm³/mol. The number of rotatable bonds is 4. The molecule has 1 aromatic carbocycles. The third-order valence-electron chi connectivity index (χ3n) is 2.59. The Labute approximate surface area is 133 Å². The zero-order valence-electron chi connectivity index (χ0n) is 10.5. The second-order valence-corrected chi connectivity index (χ2v) is 6.28. The third kappa shape index (κ3) is 3.60. The number of nitrogens with one attached hydrogen (secondary N) is 1. The van der Waals surface area contributed by atoms with Crippen molar-refractivity contribution in [3.8, 4) is 0 Å². The minimum absolute atomic E-state index is 0.0557. The number of thioether (sulfide) groups is 1. The van der Waals surface area contributed by atoms with Gasteiger partial charge in [-0.15, -0.1) is 11.8 Å². The van der Waals surface area contributed by atoms with Gasteiger partial charge in [-0.3, -0.25) is 0 Å². The molecule has 2 N–H and O–H groups in total. The Morgan fingerprint density at radius 3 is 2.65 bits per heavy atom. The smallest absolute Gasteiger partial charge is 0.346 e. The summed E-state index contributed by atoms with van der Waals surface area (Å²) in [6.45, 7) is 1.56. The molecule has 104 valence electrons. The molecule has 0 amide bonds. The summed E-state index contributed by atoms with van der Waals surface area (Å²) in [5.74, 6) is -0.524. The first-order valence-electron chi connectivity index (χ1n) is 5.69. The number of aromatic carboxylic acids is 1. The highest BCUT2D eigenvalue weighted by Crippen LogP contribution is 2.25. The summed E-state index contributed by atoms with van der Waals surface area (Å²) in [5, 5.41) is 9.44. The molecular weight excluding hydrogens is 391 g/mol. The quantitative estimate of drug-likeness (QED) is 0.467. The highest BCUT2D eigenvalue weighted by Gasteiger charge is 2.16. The van der Waals surface area contributed by atoms with Crippen LogP contribution < -0.4 is 5.69 Å². The average Bonchev–Trinajstić information content (AvgIpc) is 2.36. The van der Waals surface area contributed by atoms with Crippen LogP contribution in [-0.2, 0) is 5.75 Å².